The predicted molar refractivity (Wildman–Crippen MR) is 141 cm³/mol. The second-order valence-corrected chi connectivity index (χ2v) is 9.80. The lowest BCUT2D eigenvalue weighted by Gasteiger charge is -2.08. The molecule has 7 nitrogen and oxygen atoms in total. The van der Waals surface area contributed by atoms with Gasteiger partial charge in [0.05, 0.1) is 11.1 Å². The van der Waals surface area contributed by atoms with Crippen LogP contribution < -0.4 is 14.9 Å². The van der Waals surface area contributed by atoms with Gasteiger partial charge in [-0.15, -0.1) is 0 Å². The standard InChI is InChI=1S/C27H22ClN3O4S/c28-23-12-6-21(7-13-23)19-35-25-16-8-20(9-17-25)18-29-30-27(32)22-10-14-24(15-11-22)31-36(33,34)26-4-2-1-3-5-26/h1-18,31H,19H2,(H,30,32)/b29-18+. The molecule has 4 rings (SSSR count). The first-order chi connectivity index (χ1) is 17.4. The van der Waals surface area contributed by atoms with E-state index < -0.39 is 15.9 Å². The Morgan fingerprint density at radius 2 is 1.53 bits per heavy atom. The van der Waals surface area contributed by atoms with Crippen molar-refractivity contribution in [2.45, 2.75) is 11.5 Å². The molecule has 4 aromatic rings. The molecule has 1 amide bonds. The van der Waals surface area contributed by atoms with E-state index in [1.807, 2.05) is 48.5 Å². The van der Waals surface area contributed by atoms with E-state index in [-0.39, 0.29) is 4.90 Å². The number of rotatable bonds is 9. The van der Waals surface area contributed by atoms with Gasteiger partial charge in [-0.05, 0) is 83.9 Å². The number of amides is 1. The van der Waals surface area contributed by atoms with Crippen molar-refractivity contribution >= 4 is 39.4 Å². The lowest BCUT2D eigenvalue weighted by molar-refractivity contribution is 0.0955. The Morgan fingerprint density at radius 3 is 2.19 bits per heavy atom. The number of anilines is 1. The predicted octanol–water partition coefficient (Wildman–Crippen LogP) is 5.48. The summed E-state index contributed by atoms with van der Waals surface area (Å²) in [5, 5.41) is 4.66. The zero-order valence-corrected chi connectivity index (χ0v) is 20.5. The van der Waals surface area contributed by atoms with Gasteiger partial charge in [0, 0.05) is 16.3 Å². The molecule has 0 aliphatic carbocycles. The second-order valence-electron chi connectivity index (χ2n) is 7.68. The molecule has 0 aromatic heterocycles. The zero-order valence-electron chi connectivity index (χ0n) is 19.0. The molecule has 2 N–H and O–H groups in total. The maximum absolute atomic E-state index is 12.4. The van der Waals surface area contributed by atoms with Crippen LogP contribution in [0.25, 0.3) is 0 Å². The molecule has 0 radical (unpaired) electrons. The van der Waals surface area contributed by atoms with Gasteiger partial charge in [-0.25, -0.2) is 13.8 Å². The molecule has 0 aliphatic heterocycles. The van der Waals surface area contributed by atoms with Crippen LogP contribution in [0.5, 0.6) is 5.75 Å². The third-order valence-corrected chi connectivity index (χ3v) is 6.68. The zero-order chi connectivity index (χ0) is 25.4. The van der Waals surface area contributed by atoms with Gasteiger partial charge in [0.2, 0.25) is 0 Å². The Labute approximate surface area is 214 Å². The number of ether oxygens (including phenoxy) is 1. The van der Waals surface area contributed by atoms with E-state index in [1.54, 1.807) is 18.2 Å². The number of hydrogen-bond acceptors (Lipinski definition) is 5. The van der Waals surface area contributed by atoms with Crippen molar-refractivity contribution in [3.63, 3.8) is 0 Å². The molecule has 4 aromatic carbocycles. The van der Waals surface area contributed by atoms with Gasteiger partial charge >= 0.3 is 0 Å². The summed E-state index contributed by atoms with van der Waals surface area (Å²) in [4.78, 5) is 12.5. The molecule has 36 heavy (non-hydrogen) atoms. The normalized spacial score (nSPS) is 11.2. The summed E-state index contributed by atoms with van der Waals surface area (Å²) >= 11 is 5.89. The minimum atomic E-state index is -3.70. The monoisotopic (exact) mass is 519 g/mol. The van der Waals surface area contributed by atoms with Gasteiger partial charge in [-0.2, -0.15) is 5.10 Å². The summed E-state index contributed by atoms with van der Waals surface area (Å²) in [7, 11) is -3.70. The van der Waals surface area contributed by atoms with Crippen LogP contribution in [0.2, 0.25) is 5.02 Å². The van der Waals surface area contributed by atoms with Crippen LogP contribution >= 0.6 is 11.6 Å². The molecule has 0 aliphatic rings. The van der Waals surface area contributed by atoms with E-state index in [0.29, 0.717) is 28.6 Å². The van der Waals surface area contributed by atoms with E-state index >= 15 is 0 Å². The lowest BCUT2D eigenvalue weighted by Crippen LogP contribution is -2.18. The van der Waals surface area contributed by atoms with E-state index in [2.05, 4.69) is 15.2 Å². The number of carbonyl (C=O) groups is 1. The van der Waals surface area contributed by atoms with Crippen molar-refractivity contribution in [2.24, 2.45) is 5.10 Å². The fourth-order valence-corrected chi connectivity index (χ4v) is 4.34. The number of hydrogen-bond donors (Lipinski definition) is 2. The van der Waals surface area contributed by atoms with Crippen molar-refractivity contribution in [1.82, 2.24) is 5.43 Å². The second kappa shape index (κ2) is 11.5. The van der Waals surface area contributed by atoms with Crippen LogP contribution in [0.15, 0.2) is 113 Å². The van der Waals surface area contributed by atoms with Crippen molar-refractivity contribution in [2.75, 3.05) is 4.72 Å². The highest BCUT2D eigenvalue weighted by molar-refractivity contribution is 7.92. The smallest absolute Gasteiger partial charge is 0.271 e. The third-order valence-electron chi connectivity index (χ3n) is 5.03. The third kappa shape index (κ3) is 6.94. The fraction of sp³-hybridized carbons (Fsp3) is 0.0370. The van der Waals surface area contributed by atoms with Gasteiger partial charge in [-0.3, -0.25) is 9.52 Å². The van der Waals surface area contributed by atoms with E-state index in [9.17, 15) is 13.2 Å². The summed E-state index contributed by atoms with van der Waals surface area (Å²) in [6, 6.07) is 28.8. The molecule has 0 bridgehead atoms. The molecular weight excluding hydrogens is 498 g/mol. The highest BCUT2D eigenvalue weighted by atomic mass is 35.5. The Hall–Kier alpha value is -4.14. The topological polar surface area (TPSA) is 96.9 Å². The quantitative estimate of drug-likeness (QED) is 0.226. The molecule has 0 unspecified atom stereocenters. The van der Waals surface area contributed by atoms with Crippen LogP contribution in [0, 0.1) is 0 Å². The molecule has 0 saturated heterocycles. The number of nitrogens with zero attached hydrogens (tertiary/aromatic N) is 1. The number of carbonyl (C=O) groups excluding carboxylic acids is 1. The summed E-state index contributed by atoms with van der Waals surface area (Å²) < 4.78 is 33.1. The van der Waals surface area contributed by atoms with Crippen LogP contribution in [0.4, 0.5) is 5.69 Å². The van der Waals surface area contributed by atoms with Crippen LogP contribution in [-0.2, 0) is 16.6 Å². The van der Waals surface area contributed by atoms with Crippen molar-refractivity contribution in [3.8, 4) is 5.75 Å². The molecule has 0 saturated carbocycles. The number of halogens is 1. The highest BCUT2D eigenvalue weighted by Gasteiger charge is 2.13. The molecule has 0 spiro atoms. The maximum atomic E-state index is 12.4. The SMILES string of the molecule is O=C(N/N=C/c1ccc(OCc2ccc(Cl)cc2)cc1)c1ccc(NS(=O)(=O)c2ccccc2)cc1. The Balaban J connectivity index is 1.27. The Morgan fingerprint density at radius 1 is 0.861 bits per heavy atom. The van der Waals surface area contributed by atoms with Crippen LogP contribution in [-0.4, -0.2) is 20.5 Å². The number of benzene rings is 4. The molecular formula is C27H22ClN3O4S. The molecule has 182 valence electrons. The average Bonchev–Trinajstić information content (AvgIpc) is 2.90. The summed E-state index contributed by atoms with van der Waals surface area (Å²) in [5.41, 5.74) is 4.92. The first-order valence-electron chi connectivity index (χ1n) is 10.9. The highest BCUT2D eigenvalue weighted by Crippen LogP contribution is 2.17. The Bertz CT molecular complexity index is 1440. The van der Waals surface area contributed by atoms with Crippen molar-refractivity contribution in [3.05, 3.63) is 125 Å². The van der Waals surface area contributed by atoms with Gasteiger partial charge in [-0.1, -0.05) is 41.9 Å². The fourth-order valence-electron chi connectivity index (χ4n) is 3.13. The summed E-state index contributed by atoms with van der Waals surface area (Å²) in [5.74, 6) is 0.278. The number of hydrazone groups is 1. The van der Waals surface area contributed by atoms with Crippen molar-refractivity contribution < 1.29 is 17.9 Å². The maximum Gasteiger partial charge on any atom is 0.271 e. The minimum absolute atomic E-state index is 0.155. The lowest BCUT2D eigenvalue weighted by atomic mass is 10.2. The number of sulfonamides is 1. The summed E-state index contributed by atoms with van der Waals surface area (Å²) in [6.07, 6.45) is 1.52. The Kier molecular flexibility index (Phi) is 7.99. The average molecular weight is 520 g/mol. The van der Waals surface area contributed by atoms with Crippen LogP contribution in [0.3, 0.4) is 0 Å². The van der Waals surface area contributed by atoms with Gasteiger partial charge in [0.25, 0.3) is 15.9 Å². The minimum Gasteiger partial charge on any atom is -0.489 e. The molecule has 9 heteroatoms. The molecule has 0 atom stereocenters. The van der Waals surface area contributed by atoms with E-state index in [4.69, 9.17) is 16.3 Å². The van der Waals surface area contributed by atoms with Crippen LogP contribution in [0.1, 0.15) is 21.5 Å². The first kappa shape index (κ1) is 25.0. The van der Waals surface area contributed by atoms with Gasteiger partial charge in [0.15, 0.2) is 0 Å². The van der Waals surface area contributed by atoms with Crippen molar-refractivity contribution in [1.29, 1.82) is 0 Å². The largest absolute Gasteiger partial charge is 0.489 e. The molecule has 0 heterocycles. The number of nitrogens with one attached hydrogen (secondary N) is 2. The summed E-state index contributed by atoms with van der Waals surface area (Å²) in [6.45, 7) is 0.424. The van der Waals surface area contributed by atoms with E-state index in [0.717, 1.165) is 11.1 Å². The van der Waals surface area contributed by atoms with Gasteiger partial charge in [0.1, 0.15) is 12.4 Å². The first-order valence-corrected chi connectivity index (χ1v) is 12.7. The molecule has 0 fully saturated rings. The van der Waals surface area contributed by atoms with Gasteiger partial charge < -0.3 is 4.74 Å². The van der Waals surface area contributed by atoms with E-state index in [1.165, 1.54) is 42.6 Å².